The molecular formula is C16H13F3N4O2S. The molecule has 0 saturated carbocycles. The first-order valence-corrected chi connectivity index (χ1v) is 8.80. The van der Waals surface area contributed by atoms with E-state index in [0.717, 1.165) is 18.2 Å². The summed E-state index contributed by atoms with van der Waals surface area (Å²) in [7, 11) is -2.39. The summed E-state index contributed by atoms with van der Waals surface area (Å²) in [5, 5.41) is 7.70. The minimum Gasteiger partial charge on any atom is -0.317 e. The Morgan fingerprint density at radius 3 is 2.35 bits per heavy atom. The first-order valence-electron chi connectivity index (χ1n) is 7.31. The van der Waals surface area contributed by atoms with Crippen molar-refractivity contribution in [3.63, 3.8) is 0 Å². The summed E-state index contributed by atoms with van der Waals surface area (Å²) < 4.78 is 66.9. The van der Waals surface area contributed by atoms with Crippen molar-refractivity contribution in [2.24, 2.45) is 7.05 Å². The molecule has 0 aliphatic heterocycles. The number of hydrogen-bond acceptors (Lipinski definition) is 4. The van der Waals surface area contributed by atoms with E-state index in [1.807, 2.05) is 0 Å². The predicted molar refractivity (Wildman–Crippen MR) is 88.7 cm³/mol. The van der Waals surface area contributed by atoms with Crippen LogP contribution in [-0.4, -0.2) is 23.2 Å². The topological polar surface area (TPSA) is 76.9 Å². The van der Waals surface area contributed by atoms with Crippen LogP contribution in [0.2, 0.25) is 0 Å². The van der Waals surface area contributed by atoms with Gasteiger partial charge in [0.2, 0.25) is 0 Å². The average Bonchev–Trinajstić information content (AvgIpc) is 3.01. The van der Waals surface area contributed by atoms with Crippen molar-refractivity contribution in [3.05, 3.63) is 60.4 Å². The monoisotopic (exact) mass is 382 g/mol. The Kier molecular flexibility index (Phi) is 4.45. The van der Waals surface area contributed by atoms with Gasteiger partial charge in [-0.05, 0) is 42.5 Å². The number of rotatable bonds is 4. The van der Waals surface area contributed by atoms with Crippen molar-refractivity contribution >= 4 is 15.7 Å². The summed E-state index contributed by atoms with van der Waals surface area (Å²) in [6.45, 7) is 0. The molecule has 0 fully saturated rings. The van der Waals surface area contributed by atoms with Crippen LogP contribution in [0.4, 0.5) is 18.9 Å². The van der Waals surface area contributed by atoms with E-state index in [2.05, 4.69) is 14.9 Å². The number of benzene rings is 2. The first-order chi connectivity index (χ1) is 12.2. The number of hydrogen-bond donors (Lipinski definition) is 1. The van der Waals surface area contributed by atoms with E-state index in [4.69, 9.17) is 0 Å². The number of anilines is 1. The molecule has 0 spiro atoms. The summed E-state index contributed by atoms with van der Waals surface area (Å²) in [4.78, 5) is -0.468. The SMILES string of the molecule is Cn1cnnc1-c1ccc(NS(=O)(=O)c2cccc(C(F)(F)F)c2)cc1. The van der Waals surface area contributed by atoms with Gasteiger partial charge in [-0.15, -0.1) is 10.2 Å². The Bertz CT molecular complexity index is 1030. The van der Waals surface area contributed by atoms with Crippen molar-refractivity contribution in [2.45, 2.75) is 11.1 Å². The fraction of sp³-hybridized carbons (Fsp3) is 0.125. The lowest BCUT2D eigenvalue weighted by molar-refractivity contribution is -0.137. The van der Waals surface area contributed by atoms with E-state index < -0.39 is 26.7 Å². The summed E-state index contributed by atoms with van der Waals surface area (Å²) in [6, 6.07) is 9.82. The number of nitrogens with zero attached hydrogens (tertiary/aromatic N) is 3. The molecule has 1 heterocycles. The van der Waals surface area contributed by atoms with Gasteiger partial charge in [0.05, 0.1) is 10.5 Å². The lowest BCUT2D eigenvalue weighted by atomic mass is 10.2. The quantitative estimate of drug-likeness (QED) is 0.751. The third kappa shape index (κ3) is 3.69. The summed E-state index contributed by atoms with van der Waals surface area (Å²) in [5.74, 6) is 0.595. The molecule has 0 radical (unpaired) electrons. The molecule has 0 aliphatic rings. The molecule has 3 aromatic rings. The molecule has 0 saturated heterocycles. The Labute approximate surface area is 147 Å². The van der Waals surface area contributed by atoms with E-state index in [1.54, 1.807) is 23.7 Å². The van der Waals surface area contributed by atoms with E-state index in [9.17, 15) is 21.6 Å². The number of nitrogens with one attached hydrogen (secondary N) is 1. The van der Waals surface area contributed by atoms with E-state index >= 15 is 0 Å². The maximum absolute atomic E-state index is 12.8. The fourth-order valence-corrected chi connectivity index (χ4v) is 3.39. The largest absolute Gasteiger partial charge is 0.416 e. The zero-order valence-corrected chi connectivity index (χ0v) is 14.2. The average molecular weight is 382 g/mol. The lowest BCUT2D eigenvalue weighted by Crippen LogP contribution is -2.14. The molecule has 0 atom stereocenters. The second kappa shape index (κ2) is 6.45. The minimum absolute atomic E-state index is 0.216. The van der Waals surface area contributed by atoms with Gasteiger partial charge in [0.1, 0.15) is 6.33 Å². The summed E-state index contributed by atoms with van der Waals surface area (Å²) >= 11 is 0. The number of alkyl halides is 3. The number of aromatic nitrogens is 3. The molecular weight excluding hydrogens is 369 g/mol. The van der Waals surface area contributed by atoms with Crippen molar-refractivity contribution in [3.8, 4) is 11.4 Å². The molecule has 6 nitrogen and oxygen atoms in total. The standard InChI is InChI=1S/C16H13F3N4O2S/c1-23-10-20-21-15(23)11-5-7-13(8-6-11)22-26(24,25)14-4-2-3-12(9-14)16(17,18)19/h2-10,22H,1H3. The third-order valence-corrected chi connectivity index (χ3v) is 4.96. The molecule has 2 aromatic carbocycles. The zero-order valence-electron chi connectivity index (χ0n) is 13.4. The van der Waals surface area contributed by atoms with Gasteiger partial charge in [0.25, 0.3) is 10.0 Å². The van der Waals surface area contributed by atoms with Gasteiger partial charge in [0.15, 0.2) is 5.82 Å². The molecule has 0 bridgehead atoms. The predicted octanol–water partition coefficient (Wildman–Crippen LogP) is 3.30. The zero-order chi connectivity index (χ0) is 18.9. The number of aryl methyl sites for hydroxylation is 1. The van der Waals surface area contributed by atoms with Crippen molar-refractivity contribution in [2.75, 3.05) is 4.72 Å². The lowest BCUT2D eigenvalue weighted by Gasteiger charge is -2.11. The third-order valence-electron chi connectivity index (χ3n) is 3.58. The van der Waals surface area contributed by atoms with E-state index in [1.165, 1.54) is 18.5 Å². The van der Waals surface area contributed by atoms with Crippen molar-refractivity contribution in [1.29, 1.82) is 0 Å². The number of halogens is 3. The van der Waals surface area contributed by atoms with Gasteiger partial charge in [-0.1, -0.05) is 6.07 Å². The maximum Gasteiger partial charge on any atom is 0.416 e. The van der Waals surface area contributed by atoms with Crippen LogP contribution >= 0.6 is 0 Å². The molecule has 10 heteroatoms. The summed E-state index contributed by atoms with van der Waals surface area (Å²) in [6.07, 6.45) is -3.09. The van der Waals surface area contributed by atoms with Gasteiger partial charge in [0, 0.05) is 18.3 Å². The van der Waals surface area contributed by atoms with Crippen LogP contribution in [0.25, 0.3) is 11.4 Å². The first kappa shape index (κ1) is 17.9. The van der Waals surface area contributed by atoms with Gasteiger partial charge in [-0.25, -0.2) is 8.42 Å². The van der Waals surface area contributed by atoms with E-state index in [-0.39, 0.29) is 5.69 Å². The Morgan fingerprint density at radius 1 is 1.08 bits per heavy atom. The molecule has 1 N–H and O–H groups in total. The van der Waals surface area contributed by atoms with Crippen LogP contribution in [0, 0.1) is 0 Å². The van der Waals surface area contributed by atoms with Gasteiger partial charge < -0.3 is 4.57 Å². The van der Waals surface area contributed by atoms with Gasteiger partial charge in [-0.2, -0.15) is 13.2 Å². The molecule has 136 valence electrons. The second-order valence-electron chi connectivity index (χ2n) is 5.47. The summed E-state index contributed by atoms with van der Waals surface area (Å²) in [5.41, 5.74) is -0.0987. The highest BCUT2D eigenvalue weighted by Gasteiger charge is 2.31. The maximum atomic E-state index is 12.8. The molecule has 26 heavy (non-hydrogen) atoms. The van der Waals surface area contributed by atoms with Crippen LogP contribution < -0.4 is 4.72 Å². The molecule has 3 rings (SSSR count). The van der Waals surface area contributed by atoms with Gasteiger partial charge >= 0.3 is 6.18 Å². The fourth-order valence-electron chi connectivity index (χ4n) is 2.29. The van der Waals surface area contributed by atoms with Crippen LogP contribution in [-0.2, 0) is 23.2 Å². The highest BCUT2D eigenvalue weighted by molar-refractivity contribution is 7.92. The Morgan fingerprint density at radius 2 is 1.77 bits per heavy atom. The highest BCUT2D eigenvalue weighted by atomic mass is 32.2. The van der Waals surface area contributed by atoms with Crippen LogP contribution in [0.1, 0.15) is 5.56 Å². The van der Waals surface area contributed by atoms with Crippen LogP contribution in [0.5, 0.6) is 0 Å². The Balaban J connectivity index is 1.85. The van der Waals surface area contributed by atoms with Crippen LogP contribution in [0.3, 0.4) is 0 Å². The number of sulfonamides is 1. The van der Waals surface area contributed by atoms with Crippen molar-refractivity contribution in [1.82, 2.24) is 14.8 Å². The molecule has 0 aliphatic carbocycles. The molecule has 0 amide bonds. The Hall–Kier alpha value is -2.88. The van der Waals surface area contributed by atoms with Gasteiger partial charge in [-0.3, -0.25) is 4.72 Å². The minimum atomic E-state index is -4.62. The molecule has 1 aromatic heterocycles. The molecule has 0 unspecified atom stereocenters. The van der Waals surface area contributed by atoms with Crippen molar-refractivity contribution < 1.29 is 21.6 Å². The second-order valence-corrected chi connectivity index (χ2v) is 7.16. The van der Waals surface area contributed by atoms with E-state index in [0.29, 0.717) is 17.5 Å². The smallest absolute Gasteiger partial charge is 0.317 e. The highest BCUT2D eigenvalue weighted by Crippen LogP contribution is 2.31. The normalized spacial score (nSPS) is 12.2. The van der Waals surface area contributed by atoms with Crippen LogP contribution in [0.15, 0.2) is 59.8 Å².